The summed E-state index contributed by atoms with van der Waals surface area (Å²) in [7, 11) is 0. The molecule has 0 saturated carbocycles. The first-order chi connectivity index (χ1) is 10.1. The van der Waals surface area contributed by atoms with Crippen molar-refractivity contribution in [3.63, 3.8) is 0 Å². The summed E-state index contributed by atoms with van der Waals surface area (Å²) in [6.45, 7) is 6.39. The van der Waals surface area contributed by atoms with Gasteiger partial charge in [-0.05, 0) is 18.1 Å². The van der Waals surface area contributed by atoms with Crippen LogP contribution in [0.25, 0.3) is 0 Å². The van der Waals surface area contributed by atoms with Crippen molar-refractivity contribution >= 4 is 11.7 Å². The van der Waals surface area contributed by atoms with Gasteiger partial charge in [0.05, 0.1) is 13.2 Å². The van der Waals surface area contributed by atoms with E-state index >= 15 is 0 Å². The second-order valence-corrected chi connectivity index (χ2v) is 5.32. The van der Waals surface area contributed by atoms with Crippen molar-refractivity contribution in [1.82, 2.24) is 9.88 Å². The molecule has 1 aliphatic rings. The summed E-state index contributed by atoms with van der Waals surface area (Å²) in [5.74, 6) is 0.722. The number of rotatable bonds is 4. The van der Waals surface area contributed by atoms with E-state index in [-0.39, 0.29) is 17.9 Å². The second-order valence-electron chi connectivity index (χ2n) is 5.32. The second kappa shape index (κ2) is 7.04. The van der Waals surface area contributed by atoms with E-state index in [1.807, 2.05) is 24.8 Å². The Bertz CT molecular complexity index is 533. The average molecular weight is 288 g/mol. The lowest BCUT2D eigenvalue weighted by Gasteiger charge is -2.32. The SMILES string of the molecule is CC(C)C(Nc1cccc(C#N)n1)C(=O)N1CCOCC1. The highest BCUT2D eigenvalue weighted by atomic mass is 16.5. The quantitative estimate of drug-likeness (QED) is 0.902. The number of amides is 1. The lowest BCUT2D eigenvalue weighted by Crippen LogP contribution is -2.49. The van der Waals surface area contributed by atoms with Crippen LogP contribution in [0.15, 0.2) is 18.2 Å². The Morgan fingerprint density at radius 2 is 2.14 bits per heavy atom. The Kier molecular flexibility index (Phi) is 5.12. The molecule has 6 heteroatoms. The minimum absolute atomic E-state index is 0.0532. The van der Waals surface area contributed by atoms with Crippen molar-refractivity contribution in [3.05, 3.63) is 23.9 Å². The largest absolute Gasteiger partial charge is 0.378 e. The Morgan fingerprint density at radius 3 is 2.76 bits per heavy atom. The summed E-state index contributed by atoms with van der Waals surface area (Å²) in [4.78, 5) is 18.6. The fourth-order valence-corrected chi connectivity index (χ4v) is 2.23. The smallest absolute Gasteiger partial charge is 0.245 e. The predicted octanol–water partition coefficient (Wildman–Crippen LogP) is 1.25. The molecule has 1 aromatic rings. The summed E-state index contributed by atoms with van der Waals surface area (Å²) in [6, 6.07) is 6.80. The number of pyridine rings is 1. The first kappa shape index (κ1) is 15.3. The number of hydrogen-bond donors (Lipinski definition) is 1. The third-order valence-corrected chi connectivity index (χ3v) is 3.42. The average Bonchev–Trinajstić information content (AvgIpc) is 2.52. The molecule has 21 heavy (non-hydrogen) atoms. The Balaban J connectivity index is 2.11. The molecule has 0 spiro atoms. The van der Waals surface area contributed by atoms with Crippen LogP contribution in [0, 0.1) is 17.2 Å². The van der Waals surface area contributed by atoms with E-state index in [1.54, 1.807) is 18.2 Å². The van der Waals surface area contributed by atoms with Gasteiger partial charge in [0.15, 0.2) is 0 Å². The highest BCUT2D eigenvalue weighted by Gasteiger charge is 2.28. The van der Waals surface area contributed by atoms with Crippen LogP contribution in [0.2, 0.25) is 0 Å². The number of hydrogen-bond acceptors (Lipinski definition) is 5. The van der Waals surface area contributed by atoms with Gasteiger partial charge in [0.1, 0.15) is 23.6 Å². The van der Waals surface area contributed by atoms with Crippen molar-refractivity contribution in [2.24, 2.45) is 5.92 Å². The molecule has 1 amide bonds. The van der Waals surface area contributed by atoms with Gasteiger partial charge in [0, 0.05) is 13.1 Å². The number of nitrogens with one attached hydrogen (secondary N) is 1. The summed E-state index contributed by atoms with van der Waals surface area (Å²) >= 11 is 0. The van der Waals surface area contributed by atoms with Gasteiger partial charge >= 0.3 is 0 Å². The number of anilines is 1. The van der Waals surface area contributed by atoms with Crippen molar-refractivity contribution in [2.75, 3.05) is 31.6 Å². The first-order valence-corrected chi connectivity index (χ1v) is 7.12. The minimum atomic E-state index is -0.357. The third-order valence-electron chi connectivity index (χ3n) is 3.42. The van der Waals surface area contributed by atoms with Gasteiger partial charge in [0.25, 0.3) is 0 Å². The van der Waals surface area contributed by atoms with E-state index in [2.05, 4.69) is 10.3 Å². The molecule has 0 aromatic carbocycles. The molecule has 0 bridgehead atoms. The normalized spacial score (nSPS) is 16.4. The molecule has 1 saturated heterocycles. The van der Waals surface area contributed by atoms with Gasteiger partial charge in [-0.25, -0.2) is 4.98 Å². The van der Waals surface area contributed by atoms with Gasteiger partial charge < -0.3 is 15.0 Å². The molecule has 1 aromatic heterocycles. The van der Waals surface area contributed by atoms with Gasteiger partial charge in [-0.1, -0.05) is 19.9 Å². The molecule has 1 atom stereocenters. The van der Waals surface area contributed by atoms with Gasteiger partial charge in [-0.3, -0.25) is 4.79 Å². The number of nitriles is 1. The van der Waals surface area contributed by atoms with E-state index < -0.39 is 0 Å². The standard InChI is InChI=1S/C15H20N4O2/c1-11(2)14(15(20)19-6-8-21-9-7-19)18-13-5-3-4-12(10-16)17-13/h3-5,11,14H,6-9H2,1-2H3,(H,17,18). The molecular formula is C15H20N4O2. The molecule has 2 rings (SSSR count). The summed E-state index contributed by atoms with van der Waals surface area (Å²) in [5, 5.41) is 12.0. The number of ether oxygens (including phenoxy) is 1. The summed E-state index contributed by atoms with van der Waals surface area (Å²) in [6.07, 6.45) is 0. The molecule has 1 N–H and O–H groups in total. The Hall–Kier alpha value is -2.13. The first-order valence-electron chi connectivity index (χ1n) is 7.12. The number of aromatic nitrogens is 1. The van der Waals surface area contributed by atoms with Crippen LogP contribution in [-0.2, 0) is 9.53 Å². The molecule has 6 nitrogen and oxygen atoms in total. The van der Waals surface area contributed by atoms with Crippen molar-refractivity contribution in [1.29, 1.82) is 5.26 Å². The fraction of sp³-hybridized carbons (Fsp3) is 0.533. The summed E-state index contributed by atoms with van der Waals surface area (Å²) in [5.41, 5.74) is 0.335. The van der Waals surface area contributed by atoms with E-state index in [9.17, 15) is 4.79 Å². The van der Waals surface area contributed by atoms with E-state index in [0.717, 1.165) is 0 Å². The number of nitrogens with zero attached hydrogens (tertiary/aromatic N) is 3. The number of carbonyl (C=O) groups is 1. The monoisotopic (exact) mass is 288 g/mol. The molecule has 112 valence electrons. The molecule has 1 fully saturated rings. The van der Waals surface area contributed by atoms with Crippen LogP contribution in [0.5, 0.6) is 0 Å². The molecular weight excluding hydrogens is 268 g/mol. The topological polar surface area (TPSA) is 78.2 Å². The predicted molar refractivity (Wildman–Crippen MR) is 78.6 cm³/mol. The zero-order valence-electron chi connectivity index (χ0n) is 12.4. The maximum Gasteiger partial charge on any atom is 0.245 e. The molecule has 0 radical (unpaired) electrons. The van der Waals surface area contributed by atoms with E-state index in [1.165, 1.54) is 0 Å². The highest BCUT2D eigenvalue weighted by Crippen LogP contribution is 2.14. The van der Waals surface area contributed by atoms with E-state index in [0.29, 0.717) is 37.8 Å². The van der Waals surface area contributed by atoms with Crippen LogP contribution in [0.4, 0.5) is 5.82 Å². The Morgan fingerprint density at radius 1 is 1.43 bits per heavy atom. The lowest BCUT2D eigenvalue weighted by atomic mass is 10.0. The lowest BCUT2D eigenvalue weighted by molar-refractivity contribution is -0.137. The van der Waals surface area contributed by atoms with Crippen LogP contribution >= 0.6 is 0 Å². The van der Waals surface area contributed by atoms with Crippen LogP contribution in [-0.4, -0.2) is 48.1 Å². The molecule has 1 aliphatic heterocycles. The minimum Gasteiger partial charge on any atom is -0.378 e. The molecule has 1 unspecified atom stereocenters. The maximum atomic E-state index is 12.6. The Labute approximate surface area is 124 Å². The van der Waals surface area contributed by atoms with Crippen LogP contribution in [0.1, 0.15) is 19.5 Å². The number of morpholine rings is 1. The molecule has 0 aliphatic carbocycles. The zero-order chi connectivity index (χ0) is 15.2. The van der Waals surface area contributed by atoms with Crippen LogP contribution < -0.4 is 5.32 Å². The number of carbonyl (C=O) groups excluding carboxylic acids is 1. The zero-order valence-corrected chi connectivity index (χ0v) is 12.4. The fourth-order valence-electron chi connectivity index (χ4n) is 2.23. The van der Waals surface area contributed by atoms with Gasteiger partial charge in [-0.2, -0.15) is 5.26 Å². The highest BCUT2D eigenvalue weighted by molar-refractivity contribution is 5.84. The van der Waals surface area contributed by atoms with Crippen molar-refractivity contribution in [3.8, 4) is 6.07 Å². The van der Waals surface area contributed by atoms with Gasteiger partial charge in [-0.15, -0.1) is 0 Å². The van der Waals surface area contributed by atoms with E-state index in [4.69, 9.17) is 10.00 Å². The van der Waals surface area contributed by atoms with Crippen molar-refractivity contribution < 1.29 is 9.53 Å². The molecule has 2 heterocycles. The van der Waals surface area contributed by atoms with Gasteiger partial charge in [0.2, 0.25) is 5.91 Å². The maximum absolute atomic E-state index is 12.6. The summed E-state index contributed by atoms with van der Waals surface area (Å²) < 4.78 is 5.28. The third kappa shape index (κ3) is 3.92. The van der Waals surface area contributed by atoms with Crippen LogP contribution in [0.3, 0.4) is 0 Å². The van der Waals surface area contributed by atoms with Crippen molar-refractivity contribution in [2.45, 2.75) is 19.9 Å².